The first-order chi connectivity index (χ1) is 9.98. The average molecular weight is 298 g/mol. The van der Waals surface area contributed by atoms with Gasteiger partial charge in [0.05, 0.1) is 11.5 Å². The van der Waals surface area contributed by atoms with Crippen LogP contribution in [0.15, 0.2) is 0 Å². The third-order valence-electron chi connectivity index (χ3n) is 4.84. The van der Waals surface area contributed by atoms with Crippen LogP contribution in [0.2, 0.25) is 0 Å². The SMILES string of the molecule is CCC1(C(=O)O)CCN(C(=O)N2CCCOC(C)C2)CC1. The van der Waals surface area contributed by atoms with Gasteiger partial charge in [0.25, 0.3) is 0 Å². The van der Waals surface area contributed by atoms with Crippen LogP contribution in [0.3, 0.4) is 0 Å². The van der Waals surface area contributed by atoms with E-state index in [0.29, 0.717) is 45.5 Å². The van der Waals surface area contributed by atoms with Gasteiger partial charge in [0.15, 0.2) is 0 Å². The molecule has 21 heavy (non-hydrogen) atoms. The first kappa shape index (κ1) is 16.1. The largest absolute Gasteiger partial charge is 0.481 e. The molecular weight excluding hydrogens is 272 g/mol. The summed E-state index contributed by atoms with van der Waals surface area (Å²) in [6, 6.07) is 0.0300. The van der Waals surface area contributed by atoms with Crippen LogP contribution in [-0.4, -0.2) is 65.8 Å². The molecule has 2 aliphatic heterocycles. The van der Waals surface area contributed by atoms with Crippen molar-refractivity contribution in [2.45, 2.75) is 45.6 Å². The van der Waals surface area contributed by atoms with Gasteiger partial charge in [0, 0.05) is 32.8 Å². The van der Waals surface area contributed by atoms with Crippen LogP contribution in [0, 0.1) is 5.41 Å². The second-order valence-electron chi connectivity index (χ2n) is 6.19. The number of rotatable bonds is 2. The van der Waals surface area contributed by atoms with Crippen molar-refractivity contribution < 1.29 is 19.4 Å². The number of carbonyl (C=O) groups is 2. The topological polar surface area (TPSA) is 70.1 Å². The van der Waals surface area contributed by atoms with Crippen molar-refractivity contribution >= 4 is 12.0 Å². The normalized spacial score (nSPS) is 26.3. The fourth-order valence-corrected chi connectivity index (χ4v) is 3.21. The van der Waals surface area contributed by atoms with E-state index in [9.17, 15) is 14.7 Å². The zero-order valence-corrected chi connectivity index (χ0v) is 13.0. The lowest BCUT2D eigenvalue weighted by Crippen LogP contribution is -2.51. The summed E-state index contributed by atoms with van der Waals surface area (Å²) < 4.78 is 5.56. The van der Waals surface area contributed by atoms with Crippen molar-refractivity contribution in [1.82, 2.24) is 9.80 Å². The molecule has 2 saturated heterocycles. The summed E-state index contributed by atoms with van der Waals surface area (Å²) in [6.45, 7) is 7.00. The molecule has 6 heteroatoms. The van der Waals surface area contributed by atoms with E-state index in [2.05, 4.69) is 0 Å². The number of hydrogen-bond donors (Lipinski definition) is 1. The fourth-order valence-electron chi connectivity index (χ4n) is 3.21. The predicted molar refractivity (Wildman–Crippen MR) is 78.2 cm³/mol. The molecule has 2 heterocycles. The number of nitrogens with zero attached hydrogens (tertiary/aromatic N) is 2. The van der Waals surface area contributed by atoms with E-state index >= 15 is 0 Å². The van der Waals surface area contributed by atoms with Crippen molar-refractivity contribution in [2.75, 3.05) is 32.8 Å². The monoisotopic (exact) mass is 298 g/mol. The Morgan fingerprint density at radius 2 is 1.90 bits per heavy atom. The summed E-state index contributed by atoms with van der Waals surface area (Å²) in [6.07, 6.45) is 2.64. The van der Waals surface area contributed by atoms with Gasteiger partial charge < -0.3 is 19.6 Å². The van der Waals surface area contributed by atoms with Crippen molar-refractivity contribution in [3.63, 3.8) is 0 Å². The number of ether oxygens (including phenoxy) is 1. The van der Waals surface area contributed by atoms with Crippen molar-refractivity contribution in [3.05, 3.63) is 0 Å². The summed E-state index contributed by atoms with van der Waals surface area (Å²) in [7, 11) is 0. The van der Waals surface area contributed by atoms with Crippen molar-refractivity contribution in [3.8, 4) is 0 Å². The second-order valence-corrected chi connectivity index (χ2v) is 6.19. The number of carbonyl (C=O) groups excluding carboxylic acids is 1. The lowest BCUT2D eigenvalue weighted by molar-refractivity contribution is -0.152. The molecule has 0 radical (unpaired) electrons. The van der Waals surface area contributed by atoms with Crippen LogP contribution < -0.4 is 0 Å². The van der Waals surface area contributed by atoms with Gasteiger partial charge in [-0.15, -0.1) is 0 Å². The molecule has 120 valence electrons. The minimum absolute atomic E-state index is 0.0300. The Morgan fingerprint density at radius 1 is 1.24 bits per heavy atom. The van der Waals surface area contributed by atoms with E-state index in [1.807, 2.05) is 18.7 Å². The maximum atomic E-state index is 12.6. The first-order valence-corrected chi connectivity index (χ1v) is 7.87. The van der Waals surface area contributed by atoms with E-state index in [1.165, 1.54) is 0 Å². The number of urea groups is 1. The summed E-state index contributed by atoms with van der Waals surface area (Å²) >= 11 is 0. The Kier molecular flexibility index (Phi) is 5.08. The molecule has 1 unspecified atom stereocenters. The second kappa shape index (κ2) is 6.64. The van der Waals surface area contributed by atoms with Gasteiger partial charge in [-0.3, -0.25) is 4.79 Å². The highest BCUT2D eigenvalue weighted by molar-refractivity contribution is 5.77. The van der Waals surface area contributed by atoms with Gasteiger partial charge in [-0.25, -0.2) is 4.79 Å². The third-order valence-corrected chi connectivity index (χ3v) is 4.84. The van der Waals surface area contributed by atoms with Gasteiger partial charge in [0.1, 0.15) is 0 Å². The van der Waals surface area contributed by atoms with Gasteiger partial charge in [0.2, 0.25) is 0 Å². The Balaban J connectivity index is 1.95. The summed E-state index contributed by atoms with van der Waals surface area (Å²) in [5, 5.41) is 9.40. The summed E-state index contributed by atoms with van der Waals surface area (Å²) in [4.78, 5) is 27.7. The molecule has 0 spiro atoms. The molecule has 0 aromatic rings. The number of hydrogen-bond acceptors (Lipinski definition) is 3. The Morgan fingerprint density at radius 3 is 2.48 bits per heavy atom. The Hall–Kier alpha value is -1.30. The van der Waals surface area contributed by atoms with Crippen molar-refractivity contribution in [2.24, 2.45) is 5.41 Å². The molecule has 1 N–H and O–H groups in total. The number of piperidine rings is 1. The number of carboxylic acids is 1. The average Bonchev–Trinajstić information content (AvgIpc) is 2.71. The zero-order chi connectivity index (χ0) is 15.5. The molecule has 0 aromatic carbocycles. The maximum Gasteiger partial charge on any atom is 0.320 e. The minimum Gasteiger partial charge on any atom is -0.481 e. The first-order valence-electron chi connectivity index (χ1n) is 7.87. The van der Waals surface area contributed by atoms with Gasteiger partial charge >= 0.3 is 12.0 Å². The predicted octanol–water partition coefficient (Wildman–Crippen LogP) is 1.79. The molecule has 0 saturated carbocycles. The van der Waals surface area contributed by atoms with Crippen LogP contribution in [0.25, 0.3) is 0 Å². The molecule has 6 nitrogen and oxygen atoms in total. The molecule has 2 aliphatic rings. The molecule has 0 aromatic heterocycles. The van der Waals surface area contributed by atoms with Crippen LogP contribution in [0.1, 0.15) is 39.5 Å². The Bertz CT molecular complexity index is 391. The van der Waals surface area contributed by atoms with Crippen molar-refractivity contribution in [1.29, 1.82) is 0 Å². The molecule has 1 atom stereocenters. The van der Waals surface area contributed by atoms with E-state index in [1.54, 1.807) is 4.90 Å². The molecule has 2 rings (SSSR count). The number of likely N-dealkylation sites (tertiary alicyclic amines) is 1. The van der Waals surface area contributed by atoms with Crippen LogP contribution in [0.4, 0.5) is 4.79 Å². The minimum atomic E-state index is -0.728. The molecule has 2 amide bonds. The van der Waals surface area contributed by atoms with E-state index in [-0.39, 0.29) is 12.1 Å². The number of carboxylic acid groups (broad SMARTS) is 1. The highest BCUT2D eigenvalue weighted by atomic mass is 16.5. The van der Waals surface area contributed by atoms with Gasteiger partial charge in [-0.2, -0.15) is 0 Å². The summed E-state index contributed by atoms with van der Waals surface area (Å²) in [5.74, 6) is -0.728. The zero-order valence-electron chi connectivity index (χ0n) is 13.0. The smallest absolute Gasteiger partial charge is 0.320 e. The summed E-state index contributed by atoms with van der Waals surface area (Å²) in [5.41, 5.74) is -0.647. The quantitative estimate of drug-likeness (QED) is 0.844. The van der Waals surface area contributed by atoms with E-state index in [0.717, 1.165) is 13.0 Å². The maximum absolute atomic E-state index is 12.6. The van der Waals surface area contributed by atoms with Gasteiger partial charge in [-0.1, -0.05) is 6.92 Å². The number of amides is 2. The third kappa shape index (κ3) is 3.48. The van der Waals surface area contributed by atoms with Crippen LogP contribution in [0.5, 0.6) is 0 Å². The standard InChI is InChI=1S/C15H26N2O4/c1-3-15(13(18)19)5-8-16(9-6-15)14(20)17-7-4-10-21-12(2)11-17/h12H,3-11H2,1-2H3,(H,18,19). The van der Waals surface area contributed by atoms with E-state index < -0.39 is 11.4 Å². The van der Waals surface area contributed by atoms with Crippen LogP contribution >= 0.6 is 0 Å². The number of aliphatic carboxylic acids is 1. The highest BCUT2D eigenvalue weighted by Gasteiger charge is 2.41. The Labute approximate surface area is 126 Å². The van der Waals surface area contributed by atoms with E-state index in [4.69, 9.17) is 4.74 Å². The molecule has 0 aliphatic carbocycles. The van der Waals surface area contributed by atoms with Crippen LogP contribution in [-0.2, 0) is 9.53 Å². The van der Waals surface area contributed by atoms with Gasteiger partial charge in [-0.05, 0) is 32.6 Å². The highest BCUT2D eigenvalue weighted by Crippen LogP contribution is 2.35. The lowest BCUT2D eigenvalue weighted by Gasteiger charge is -2.40. The molecule has 2 fully saturated rings. The molecular formula is C15H26N2O4. The molecule has 0 bridgehead atoms. The fraction of sp³-hybridized carbons (Fsp3) is 0.867. The lowest BCUT2D eigenvalue weighted by atomic mass is 9.76.